The van der Waals surface area contributed by atoms with E-state index >= 15 is 0 Å². The van der Waals surface area contributed by atoms with Gasteiger partial charge in [0.1, 0.15) is 12.4 Å². The van der Waals surface area contributed by atoms with Crippen molar-refractivity contribution in [2.45, 2.75) is 6.61 Å². The first kappa shape index (κ1) is 14.6. The lowest BCUT2D eigenvalue weighted by molar-refractivity contribution is -0.385. The Balaban J connectivity index is 2.22. The zero-order valence-electron chi connectivity index (χ0n) is 9.98. The molecule has 4 nitrogen and oxygen atoms in total. The van der Waals surface area contributed by atoms with Crippen molar-refractivity contribution in [2.24, 2.45) is 0 Å². The lowest BCUT2D eigenvalue weighted by atomic mass is 10.2. The zero-order valence-corrected chi connectivity index (χ0v) is 11.5. The van der Waals surface area contributed by atoms with Crippen LogP contribution in [0, 0.1) is 15.9 Å². The Hall–Kier alpha value is -1.85. The first-order valence-electron chi connectivity index (χ1n) is 5.48. The van der Waals surface area contributed by atoms with Gasteiger partial charge >= 0.3 is 5.69 Å². The van der Waals surface area contributed by atoms with Crippen LogP contribution in [0.3, 0.4) is 0 Å². The lowest BCUT2D eigenvalue weighted by Crippen LogP contribution is -2.00. The largest absolute Gasteiger partial charge is 0.482 e. The second kappa shape index (κ2) is 6.07. The van der Waals surface area contributed by atoms with Gasteiger partial charge in [-0.3, -0.25) is 10.1 Å². The Labute approximate surface area is 123 Å². The molecule has 0 heterocycles. The smallest absolute Gasteiger partial charge is 0.311 e. The van der Waals surface area contributed by atoms with E-state index in [1.54, 1.807) is 0 Å². The molecule has 0 atom stereocenters. The van der Waals surface area contributed by atoms with Crippen LogP contribution in [-0.4, -0.2) is 4.92 Å². The standard InChI is InChI=1S/C13H8Cl2FNO3/c14-9-2-4-12(17(18)19)13(5-9)20-7-8-1-3-10(16)6-11(8)15/h1-6H,7H2. The third kappa shape index (κ3) is 3.37. The number of nitrogens with zero attached hydrogens (tertiary/aromatic N) is 1. The van der Waals surface area contributed by atoms with Crippen molar-refractivity contribution in [3.8, 4) is 5.75 Å². The van der Waals surface area contributed by atoms with Crippen molar-refractivity contribution in [3.05, 3.63) is 67.9 Å². The molecule has 0 aliphatic rings. The molecule has 0 aromatic heterocycles. The highest BCUT2D eigenvalue weighted by Gasteiger charge is 2.16. The maximum absolute atomic E-state index is 12.9. The molecular formula is C13H8Cl2FNO3. The molecule has 0 fully saturated rings. The van der Waals surface area contributed by atoms with Crippen LogP contribution in [0.4, 0.5) is 10.1 Å². The van der Waals surface area contributed by atoms with Crippen molar-refractivity contribution in [2.75, 3.05) is 0 Å². The second-order valence-electron chi connectivity index (χ2n) is 3.89. The molecule has 0 N–H and O–H groups in total. The van der Waals surface area contributed by atoms with Gasteiger partial charge in [0.05, 0.1) is 9.95 Å². The summed E-state index contributed by atoms with van der Waals surface area (Å²) in [6, 6.07) is 7.83. The Kier molecular flexibility index (Phi) is 4.42. The number of halogens is 3. The molecule has 20 heavy (non-hydrogen) atoms. The summed E-state index contributed by atoms with van der Waals surface area (Å²) in [5, 5.41) is 11.4. The number of hydrogen-bond donors (Lipinski definition) is 0. The summed E-state index contributed by atoms with van der Waals surface area (Å²) in [4.78, 5) is 10.3. The van der Waals surface area contributed by atoms with Gasteiger partial charge < -0.3 is 4.74 Å². The van der Waals surface area contributed by atoms with Crippen LogP contribution in [0.1, 0.15) is 5.56 Å². The maximum atomic E-state index is 12.9. The van der Waals surface area contributed by atoms with Crippen LogP contribution in [-0.2, 0) is 6.61 Å². The number of nitro benzene ring substituents is 1. The molecule has 104 valence electrons. The minimum absolute atomic E-state index is 0.0275. The zero-order chi connectivity index (χ0) is 14.7. The molecule has 0 saturated carbocycles. The monoisotopic (exact) mass is 315 g/mol. The number of hydrogen-bond acceptors (Lipinski definition) is 3. The third-order valence-corrected chi connectivity index (χ3v) is 3.10. The van der Waals surface area contributed by atoms with Crippen LogP contribution in [0.15, 0.2) is 36.4 Å². The molecule has 2 rings (SSSR count). The predicted octanol–water partition coefficient (Wildman–Crippen LogP) is 4.62. The molecule has 0 aliphatic carbocycles. The minimum Gasteiger partial charge on any atom is -0.482 e. The molecule has 0 unspecified atom stereocenters. The minimum atomic E-state index is -0.571. The van der Waals surface area contributed by atoms with E-state index < -0.39 is 10.7 Å². The summed E-state index contributed by atoms with van der Waals surface area (Å²) in [5.41, 5.74) is 0.315. The first-order chi connectivity index (χ1) is 9.47. The fraction of sp³-hybridized carbons (Fsp3) is 0.0769. The van der Waals surface area contributed by atoms with Crippen LogP contribution < -0.4 is 4.74 Å². The van der Waals surface area contributed by atoms with E-state index in [2.05, 4.69) is 0 Å². The molecule has 0 amide bonds. The average Bonchev–Trinajstić information content (AvgIpc) is 2.37. The van der Waals surface area contributed by atoms with Crippen LogP contribution in [0.2, 0.25) is 10.0 Å². The van der Waals surface area contributed by atoms with Crippen molar-refractivity contribution >= 4 is 28.9 Å². The molecule has 0 bridgehead atoms. The SMILES string of the molecule is O=[N+]([O-])c1ccc(Cl)cc1OCc1ccc(F)cc1Cl. The van der Waals surface area contributed by atoms with Crippen LogP contribution >= 0.6 is 23.2 Å². The van der Waals surface area contributed by atoms with Gasteiger partial charge in [-0.1, -0.05) is 29.3 Å². The molecule has 7 heteroatoms. The summed E-state index contributed by atoms with van der Waals surface area (Å²) in [5.74, 6) is -0.435. The van der Waals surface area contributed by atoms with Gasteiger partial charge in [0.25, 0.3) is 0 Å². The average molecular weight is 316 g/mol. The summed E-state index contributed by atoms with van der Waals surface area (Å²) >= 11 is 11.6. The highest BCUT2D eigenvalue weighted by molar-refractivity contribution is 6.31. The Morgan fingerprint density at radius 1 is 1.20 bits per heavy atom. The van der Waals surface area contributed by atoms with Gasteiger partial charge in [-0.2, -0.15) is 0 Å². The van der Waals surface area contributed by atoms with Crippen molar-refractivity contribution in [3.63, 3.8) is 0 Å². The molecule has 2 aromatic carbocycles. The maximum Gasteiger partial charge on any atom is 0.311 e. The van der Waals surface area contributed by atoms with Gasteiger partial charge in [-0.05, 0) is 18.2 Å². The van der Waals surface area contributed by atoms with Crippen molar-refractivity contribution in [1.82, 2.24) is 0 Å². The topological polar surface area (TPSA) is 52.4 Å². The van der Waals surface area contributed by atoms with Crippen molar-refractivity contribution in [1.29, 1.82) is 0 Å². The van der Waals surface area contributed by atoms with Gasteiger partial charge in [0, 0.05) is 22.7 Å². The lowest BCUT2D eigenvalue weighted by Gasteiger charge is -2.08. The summed E-state index contributed by atoms with van der Waals surface area (Å²) in [6.45, 7) is -0.0275. The fourth-order valence-electron chi connectivity index (χ4n) is 1.55. The predicted molar refractivity (Wildman–Crippen MR) is 73.8 cm³/mol. The Morgan fingerprint density at radius 2 is 1.95 bits per heavy atom. The van der Waals surface area contributed by atoms with Crippen molar-refractivity contribution < 1.29 is 14.1 Å². The van der Waals surface area contributed by atoms with E-state index in [0.717, 1.165) is 6.07 Å². The van der Waals surface area contributed by atoms with E-state index in [0.29, 0.717) is 10.6 Å². The van der Waals surface area contributed by atoms with E-state index in [-0.39, 0.29) is 23.1 Å². The Morgan fingerprint density at radius 3 is 2.60 bits per heavy atom. The normalized spacial score (nSPS) is 10.3. The molecule has 0 spiro atoms. The highest BCUT2D eigenvalue weighted by Crippen LogP contribution is 2.31. The molecule has 0 saturated heterocycles. The molecule has 0 aliphatic heterocycles. The summed E-state index contributed by atoms with van der Waals surface area (Å²) in [6.07, 6.45) is 0. The fourth-order valence-corrected chi connectivity index (χ4v) is 1.93. The molecular weight excluding hydrogens is 308 g/mol. The number of ether oxygens (including phenoxy) is 1. The van der Waals surface area contributed by atoms with E-state index in [9.17, 15) is 14.5 Å². The highest BCUT2D eigenvalue weighted by atomic mass is 35.5. The number of nitro groups is 1. The van der Waals surface area contributed by atoms with Gasteiger partial charge in [-0.15, -0.1) is 0 Å². The van der Waals surface area contributed by atoms with Crippen LogP contribution in [0.5, 0.6) is 5.75 Å². The van der Waals surface area contributed by atoms with E-state index in [1.165, 1.54) is 30.3 Å². The van der Waals surface area contributed by atoms with E-state index in [1.807, 2.05) is 0 Å². The first-order valence-corrected chi connectivity index (χ1v) is 6.23. The van der Waals surface area contributed by atoms with E-state index in [4.69, 9.17) is 27.9 Å². The Bertz CT molecular complexity index is 664. The third-order valence-electron chi connectivity index (χ3n) is 2.52. The van der Waals surface area contributed by atoms with Gasteiger partial charge in [0.2, 0.25) is 0 Å². The summed E-state index contributed by atoms with van der Waals surface area (Å²) < 4.78 is 18.3. The molecule has 2 aromatic rings. The number of benzene rings is 2. The van der Waals surface area contributed by atoms with Crippen LogP contribution in [0.25, 0.3) is 0 Å². The quantitative estimate of drug-likeness (QED) is 0.611. The van der Waals surface area contributed by atoms with Gasteiger partial charge in [-0.25, -0.2) is 4.39 Å². The van der Waals surface area contributed by atoms with Gasteiger partial charge in [0.15, 0.2) is 5.75 Å². The molecule has 0 radical (unpaired) electrons. The second-order valence-corrected chi connectivity index (χ2v) is 4.74. The number of rotatable bonds is 4. The summed E-state index contributed by atoms with van der Waals surface area (Å²) in [7, 11) is 0.